The SMILES string of the molecule is O=C(Nc1ccccc1)N(NC(=Nc1ccccc1)N1CCCCC1)c1ccccc1. The highest BCUT2D eigenvalue weighted by atomic mass is 16.2. The van der Waals surface area contributed by atoms with Gasteiger partial charge in [-0.25, -0.2) is 14.8 Å². The smallest absolute Gasteiger partial charge is 0.341 e. The van der Waals surface area contributed by atoms with Crippen molar-refractivity contribution in [2.75, 3.05) is 23.4 Å². The van der Waals surface area contributed by atoms with Gasteiger partial charge in [-0.3, -0.25) is 5.43 Å². The van der Waals surface area contributed by atoms with E-state index in [1.807, 2.05) is 91.0 Å². The first-order valence-electron chi connectivity index (χ1n) is 10.7. The van der Waals surface area contributed by atoms with Gasteiger partial charge in [0.05, 0.1) is 11.4 Å². The molecule has 3 aromatic carbocycles. The highest BCUT2D eigenvalue weighted by Gasteiger charge is 2.22. The van der Waals surface area contributed by atoms with Crippen molar-refractivity contribution in [2.24, 2.45) is 4.99 Å². The minimum atomic E-state index is -0.282. The Hall–Kier alpha value is -3.80. The number of hydrogen-bond acceptors (Lipinski definition) is 2. The fourth-order valence-corrected chi connectivity index (χ4v) is 3.51. The van der Waals surface area contributed by atoms with Crippen molar-refractivity contribution in [3.63, 3.8) is 0 Å². The number of hydrogen-bond donors (Lipinski definition) is 2. The number of benzene rings is 3. The van der Waals surface area contributed by atoms with E-state index in [4.69, 9.17) is 4.99 Å². The quantitative estimate of drug-likeness (QED) is 0.343. The van der Waals surface area contributed by atoms with Gasteiger partial charge in [-0.2, -0.15) is 0 Å². The number of urea groups is 1. The van der Waals surface area contributed by atoms with Crippen LogP contribution in [-0.4, -0.2) is 30.0 Å². The average molecular weight is 414 g/mol. The van der Waals surface area contributed by atoms with Gasteiger partial charge in [-0.15, -0.1) is 0 Å². The summed E-state index contributed by atoms with van der Waals surface area (Å²) in [5.74, 6) is 0.665. The minimum Gasteiger partial charge on any atom is -0.341 e. The fraction of sp³-hybridized carbons (Fsp3) is 0.200. The summed E-state index contributed by atoms with van der Waals surface area (Å²) >= 11 is 0. The number of likely N-dealkylation sites (tertiary alicyclic amines) is 1. The Morgan fingerprint density at radius 1 is 0.774 bits per heavy atom. The number of hydrazine groups is 1. The minimum absolute atomic E-state index is 0.282. The first-order chi connectivity index (χ1) is 15.3. The van der Waals surface area contributed by atoms with Crippen molar-refractivity contribution in [3.8, 4) is 0 Å². The van der Waals surface area contributed by atoms with E-state index in [-0.39, 0.29) is 6.03 Å². The van der Waals surface area contributed by atoms with Crippen LogP contribution in [-0.2, 0) is 0 Å². The van der Waals surface area contributed by atoms with Crippen molar-refractivity contribution in [2.45, 2.75) is 19.3 Å². The van der Waals surface area contributed by atoms with Crippen LogP contribution >= 0.6 is 0 Å². The molecular formula is C25H27N5O. The van der Waals surface area contributed by atoms with Crippen LogP contribution in [0.4, 0.5) is 21.9 Å². The largest absolute Gasteiger partial charge is 0.345 e. The molecule has 0 aromatic heterocycles. The van der Waals surface area contributed by atoms with Crippen LogP contribution in [0.15, 0.2) is 96.0 Å². The standard InChI is InChI=1S/C25H27N5O/c31-25(27-22-15-7-2-8-16-22)30(23-17-9-3-10-18-23)28-24(29-19-11-4-12-20-29)26-21-13-5-1-6-14-21/h1-3,5-10,13-18H,4,11-12,19-20H2,(H,26,28)(H,27,31). The summed E-state index contributed by atoms with van der Waals surface area (Å²) in [5.41, 5.74) is 5.61. The Labute approximate surface area is 183 Å². The van der Waals surface area contributed by atoms with Crippen LogP contribution in [0.3, 0.4) is 0 Å². The molecule has 1 heterocycles. The molecular weight excluding hydrogens is 386 g/mol. The predicted molar refractivity (Wildman–Crippen MR) is 126 cm³/mol. The second-order valence-corrected chi connectivity index (χ2v) is 7.40. The van der Waals surface area contributed by atoms with E-state index in [0.717, 1.165) is 43.0 Å². The molecule has 0 aliphatic carbocycles. The molecule has 0 spiro atoms. The number of carbonyl (C=O) groups is 1. The third-order valence-corrected chi connectivity index (χ3v) is 5.10. The molecule has 0 radical (unpaired) electrons. The van der Waals surface area contributed by atoms with Gasteiger partial charge in [-0.1, -0.05) is 54.6 Å². The lowest BCUT2D eigenvalue weighted by molar-refractivity contribution is 0.255. The zero-order valence-corrected chi connectivity index (χ0v) is 17.4. The predicted octanol–water partition coefficient (Wildman–Crippen LogP) is 5.40. The zero-order chi connectivity index (χ0) is 21.3. The number of piperidine rings is 1. The van der Waals surface area contributed by atoms with Gasteiger partial charge in [0.25, 0.3) is 0 Å². The first kappa shape index (κ1) is 20.5. The van der Waals surface area contributed by atoms with Crippen LogP contribution in [0.2, 0.25) is 0 Å². The highest BCUT2D eigenvalue weighted by Crippen LogP contribution is 2.18. The summed E-state index contributed by atoms with van der Waals surface area (Å²) in [6.45, 7) is 1.81. The maximum absolute atomic E-state index is 13.3. The number of rotatable bonds is 3. The lowest BCUT2D eigenvalue weighted by Crippen LogP contribution is -2.54. The number of nitrogens with one attached hydrogen (secondary N) is 2. The maximum Gasteiger partial charge on any atom is 0.345 e. The molecule has 2 amide bonds. The number of amides is 2. The van der Waals surface area contributed by atoms with Crippen LogP contribution in [0.5, 0.6) is 0 Å². The van der Waals surface area contributed by atoms with Gasteiger partial charge in [0.1, 0.15) is 0 Å². The van der Waals surface area contributed by atoms with Crippen molar-refractivity contribution in [1.82, 2.24) is 10.3 Å². The number of nitrogens with zero attached hydrogens (tertiary/aromatic N) is 3. The van der Waals surface area contributed by atoms with E-state index in [2.05, 4.69) is 15.6 Å². The molecule has 1 saturated heterocycles. The van der Waals surface area contributed by atoms with Gasteiger partial charge in [0, 0.05) is 18.8 Å². The number of carbonyl (C=O) groups excluding carboxylic acids is 1. The monoisotopic (exact) mass is 413 g/mol. The zero-order valence-electron chi connectivity index (χ0n) is 17.4. The summed E-state index contributed by atoms with van der Waals surface area (Å²) < 4.78 is 0. The van der Waals surface area contributed by atoms with Crippen molar-refractivity contribution in [3.05, 3.63) is 91.0 Å². The second-order valence-electron chi connectivity index (χ2n) is 7.40. The molecule has 0 bridgehead atoms. The lowest BCUT2D eigenvalue weighted by atomic mass is 10.1. The molecule has 1 aliphatic rings. The normalized spacial score (nSPS) is 14.1. The Bertz CT molecular complexity index is 986. The molecule has 2 N–H and O–H groups in total. The Morgan fingerprint density at radius 2 is 1.35 bits per heavy atom. The number of aliphatic imine (C=N–C) groups is 1. The molecule has 4 rings (SSSR count). The number of para-hydroxylation sites is 3. The average Bonchev–Trinajstić information content (AvgIpc) is 2.84. The third kappa shape index (κ3) is 5.63. The molecule has 1 aliphatic heterocycles. The first-order valence-corrected chi connectivity index (χ1v) is 10.7. The fourth-order valence-electron chi connectivity index (χ4n) is 3.51. The number of guanidine groups is 1. The van der Waals surface area contributed by atoms with E-state index in [0.29, 0.717) is 5.96 Å². The molecule has 1 fully saturated rings. The lowest BCUT2D eigenvalue weighted by Gasteiger charge is -2.33. The van der Waals surface area contributed by atoms with Gasteiger partial charge < -0.3 is 10.2 Å². The Morgan fingerprint density at radius 3 is 2.00 bits per heavy atom. The number of anilines is 2. The van der Waals surface area contributed by atoms with Crippen LogP contribution in [0, 0.1) is 0 Å². The van der Waals surface area contributed by atoms with Crippen LogP contribution in [0.25, 0.3) is 0 Å². The summed E-state index contributed by atoms with van der Waals surface area (Å²) in [6, 6.07) is 28.5. The molecule has 3 aromatic rings. The van der Waals surface area contributed by atoms with E-state index >= 15 is 0 Å². The van der Waals surface area contributed by atoms with E-state index < -0.39 is 0 Å². The van der Waals surface area contributed by atoms with Crippen LogP contribution in [0.1, 0.15) is 19.3 Å². The summed E-state index contributed by atoms with van der Waals surface area (Å²) in [6.07, 6.45) is 3.43. The third-order valence-electron chi connectivity index (χ3n) is 5.10. The van der Waals surface area contributed by atoms with Gasteiger partial charge in [0.2, 0.25) is 5.96 Å². The molecule has 0 atom stereocenters. The van der Waals surface area contributed by atoms with Gasteiger partial charge >= 0.3 is 6.03 Å². The molecule has 0 unspecified atom stereocenters. The highest BCUT2D eigenvalue weighted by molar-refractivity contribution is 6.03. The second kappa shape index (κ2) is 10.3. The summed E-state index contributed by atoms with van der Waals surface area (Å²) in [4.78, 5) is 20.3. The maximum atomic E-state index is 13.3. The van der Waals surface area contributed by atoms with Gasteiger partial charge in [0.15, 0.2) is 0 Å². The van der Waals surface area contributed by atoms with Crippen LogP contribution < -0.4 is 15.8 Å². The summed E-state index contributed by atoms with van der Waals surface area (Å²) in [5, 5.41) is 4.48. The topological polar surface area (TPSA) is 60.0 Å². The molecule has 158 valence electrons. The van der Waals surface area contributed by atoms with Crippen molar-refractivity contribution >= 4 is 29.1 Å². The summed E-state index contributed by atoms with van der Waals surface area (Å²) in [7, 11) is 0. The van der Waals surface area contributed by atoms with E-state index in [1.54, 1.807) is 0 Å². The Balaban J connectivity index is 1.65. The van der Waals surface area contributed by atoms with Crippen molar-refractivity contribution in [1.29, 1.82) is 0 Å². The van der Waals surface area contributed by atoms with E-state index in [9.17, 15) is 4.79 Å². The molecule has 6 heteroatoms. The molecule has 6 nitrogen and oxygen atoms in total. The van der Waals surface area contributed by atoms with E-state index in [1.165, 1.54) is 11.4 Å². The Kier molecular flexibility index (Phi) is 6.80. The van der Waals surface area contributed by atoms with Gasteiger partial charge in [-0.05, 0) is 55.7 Å². The van der Waals surface area contributed by atoms with Crippen molar-refractivity contribution < 1.29 is 4.79 Å². The molecule has 0 saturated carbocycles. The molecule has 31 heavy (non-hydrogen) atoms.